The van der Waals surface area contributed by atoms with Crippen LogP contribution in [0.1, 0.15) is 77.2 Å². The Balaban J connectivity index is 1.90. The third kappa shape index (κ3) is 11.7. The Morgan fingerprint density at radius 3 is 2.31 bits per heavy atom. The van der Waals surface area contributed by atoms with Gasteiger partial charge in [0.2, 0.25) is 23.6 Å². The fourth-order valence-corrected chi connectivity index (χ4v) is 5.06. The van der Waals surface area contributed by atoms with Crippen molar-refractivity contribution in [3.63, 3.8) is 0 Å². The lowest BCUT2D eigenvalue weighted by Gasteiger charge is -2.30. The van der Waals surface area contributed by atoms with E-state index in [4.69, 9.17) is 11.5 Å². The summed E-state index contributed by atoms with van der Waals surface area (Å²) in [5, 5.41) is 19.2. The molecule has 0 heterocycles. The summed E-state index contributed by atoms with van der Waals surface area (Å²) in [6, 6.07) is 7.28. The van der Waals surface area contributed by atoms with Crippen LogP contribution in [0.15, 0.2) is 30.3 Å². The molecule has 0 radical (unpaired) electrons. The van der Waals surface area contributed by atoms with Gasteiger partial charge in [-0.1, -0.05) is 82.7 Å². The Morgan fingerprint density at radius 1 is 1.03 bits per heavy atom. The van der Waals surface area contributed by atoms with Gasteiger partial charge < -0.3 is 32.5 Å². The smallest absolute Gasteiger partial charge is 0.240 e. The van der Waals surface area contributed by atoms with Crippen LogP contribution < -0.4 is 27.4 Å². The van der Waals surface area contributed by atoms with E-state index in [-0.39, 0.29) is 37.1 Å². The maximum atomic E-state index is 12.8. The number of benzene rings is 1. The van der Waals surface area contributed by atoms with E-state index in [0.29, 0.717) is 25.2 Å². The molecule has 0 aliphatic heterocycles. The second-order valence-corrected chi connectivity index (χ2v) is 10.9. The van der Waals surface area contributed by atoms with Gasteiger partial charge >= 0.3 is 0 Å². The normalized spacial score (nSPS) is 17.7. The quantitative estimate of drug-likeness (QED) is 0.182. The molecule has 0 spiro atoms. The third-order valence-electron chi connectivity index (χ3n) is 7.64. The zero-order valence-electron chi connectivity index (χ0n) is 23.4. The van der Waals surface area contributed by atoms with Crippen molar-refractivity contribution in [1.29, 1.82) is 0 Å². The van der Waals surface area contributed by atoms with Gasteiger partial charge in [0.15, 0.2) is 0 Å². The van der Waals surface area contributed by atoms with Gasteiger partial charge in [-0.2, -0.15) is 0 Å². The van der Waals surface area contributed by atoms with Crippen LogP contribution in [0.5, 0.6) is 0 Å². The van der Waals surface area contributed by atoms with Crippen molar-refractivity contribution >= 4 is 23.6 Å². The van der Waals surface area contributed by atoms with E-state index >= 15 is 0 Å². The Labute approximate surface area is 232 Å². The molecule has 1 aromatic carbocycles. The van der Waals surface area contributed by atoms with E-state index in [9.17, 15) is 24.3 Å². The van der Waals surface area contributed by atoms with Gasteiger partial charge in [0.1, 0.15) is 6.04 Å². The summed E-state index contributed by atoms with van der Waals surface area (Å²) in [6.45, 7) is 3.83. The fraction of sp³-hybridized carbons (Fsp3) is 0.655. The average molecular weight is 546 g/mol. The SMILES string of the molecule is CC[C@H](C)[C@H](NC(=O)C[C@H](O)[C@H](CC1CCCCC1)NC(=O)CCNC(=O)[C@@H](N)Cc1ccccc1)C(N)=O. The van der Waals surface area contributed by atoms with E-state index in [1.807, 2.05) is 44.2 Å². The topological polar surface area (TPSA) is 177 Å². The van der Waals surface area contributed by atoms with Crippen molar-refractivity contribution in [3.05, 3.63) is 35.9 Å². The minimum absolute atomic E-state index is 0.0155. The Bertz CT molecular complexity index is 922. The number of nitrogens with one attached hydrogen (secondary N) is 3. The number of carbonyl (C=O) groups excluding carboxylic acids is 4. The summed E-state index contributed by atoms with van der Waals surface area (Å²) >= 11 is 0. The molecular weight excluding hydrogens is 498 g/mol. The lowest BCUT2D eigenvalue weighted by molar-refractivity contribution is -0.130. The Morgan fingerprint density at radius 2 is 1.69 bits per heavy atom. The summed E-state index contributed by atoms with van der Waals surface area (Å²) < 4.78 is 0. The fourth-order valence-electron chi connectivity index (χ4n) is 5.06. The summed E-state index contributed by atoms with van der Waals surface area (Å²) in [7, 11) is 0. The van der Waals surface area contributed by atoms with Crippen LogP contribution in [0.25, 0.3) is 0 Å². The standard InChI is InChI=1S/C29H47N5O5/c1-3-19(2)27(28(31)38)34-26(37)18-24(35)23(17-21-12-8-5-9-13-21)33-25(36)14-15-32-29(39)22(30)16-20-10-6-4-7-11-20/h4,6-7,10-11,19,21-24,27,35H,3,5,8-9,12-18,30H2,1-2H3,(H2,31,38)(H,32,39)(H,33,36)(H,34,37)/t19-,22-,23-,24-,27-/m0/s1. The summed E-state index contributed by atoms with van der Waals surface area (Å²) in [4.78, 5) is 49.6. The number of nitrogens with two attached hydrogens (primary N) is 2. The van der Waals surface area contributed by atoms with E-state index in [1.165, 1.54) is 6.42 Å². The van der Waals surface area contributed by atoms with Gasteiger partial charge in [0.05, 0.1) is 24.6 Å². The molecular formula is C29H47N5O5. The minimum atomic E-state index is -1.13. The molecule has 0 aromatic heterocycles. The second-order valence-electron chi connectivity index (χ2n) is 10.9. The number of carbonyl (C=O) groups is 4. The largest absolute Gasteiger partial charge is 0.390 e. The van der Waals surface area contributed by atoms with Crippen molar-refractivity contribution < 1.29 is 24.3 Å². The number of rotatable bonds is 16. The first-order chi connectivity index (χ1) is 18.6. The average Bonchev–Trinajstić information content (AvgIpc) is 2.91. The van der Waals surface area contributed by atoms with Gasteiger partial charge in [0, 0.05) is 13.0 Å². The highest BCUT2D eigenvalue weighted by atomic mass is 16.3. The summed E-state index contributed by atoms with van der Waals surface area (Å²) in [5.74, 6) is -1.58. The number of hydrogen-bond acceptors (Lipinski definition) is 6. The Hall–Kier alpha value is -2.98. The number of hydrogen-bond donors (Lipinski definition) is 6. The molecule has 218 valence electrons. The second kappa shape index (κ2) is 16.9. The van der Waals surface area contributed by atoms with E-state index in [2.05, 4.69) is 16.0 Å². The van der Waals surface area contributed by atoms with Gasteiger partial charge in [-0.15, -0.1) is 0 Å². The predicted octanol–water partition coefficient (Wildman–Crippen LogP) is 1.29. The van der Waals surface area contributed by atoms with Crippen LogP contribution in [0.4, 0.5) is 0 Å². The predicted molar refractivity (Wildman–Crippen MR) is 150 cm³/mol. The highest BCUT2D eigenvalue weighted by Gasteiger charge is 2.30. The van der Waals surface area contributed by atoms with Crippen LogP contribution in [-0.2, 0) is 25.6 Å². The maximum Gasteiger partial charge on any atom is 0.240 e. The highest BCUT2D eigenvalue weighted by molar-refractivity contribution is 5.87. The molecule has 10 nitrogen and oxygen atoms in total. The summed E-state index contributed by atoms with van der Waals surface area (Å²) in [5.41, 5.74) is 12.4. The Kier molecular flexibility index (Phi) is 13.9. The van der Waals surface area contributed by atoms with Crippen LogP contribution in [0.3, 0.4) is 0 Å². The zero-order chi connectivity index (χ0) is 28.8. The van der Waals surface area contributed by atoms with Gasteiger partial charge in [-0.05, 0) is 30.2 Å². The molecule has 0 saturated heterocycles. The lowest BCUT2D eigenvalue weighted by Crippen LogP contribution is -2.51. The van der Waals surface area contributed by atoms with Crippen LogP contribution in [0.2, 0.25) is 0 Å². The van der Waals surface area contributed by atoms with E-state index < -0.39 is 36.0 Å². The first kappa shape index (κ1) is 32.2. The third-order valence-corrected chi connectivity index (χ3v) is 7.64. The molecule has 8 N–H and O–H groups in total. The first-order valence-corrected chi connectivity index (χ1v) is 14.2. The maximum absolute atomic E-state index is 12.8. The molecule has 0 bridgehead atoms. The highest BCUT2D eigenvalue weighted by Crippen LogP contribution is 2.28. The first-order valence-electron chi connectivity index (χ1n) is 14.2. The molecule has 1 aromatic rings. The molecule has 1 fully saturated rings. The van der Waals surface area contributed by atoms with Crippen LogP contribution in [0, 0.1) is 11.8 Å². The van der Waals surface area contributed by atoms with Crippen LogP contribution >= 0.6 is 0 Å². The van der Waals surface area contributed by atoms with Gasteiger partial charge in [0.25, 0.3) is 0 Å². The molecule has 0 unspecified atom stereocenters. The van der Waals surface area contributed by atoms with Crippen molar-refractivity contribution in [2.45, 2.75) is 102 Å². The minimum Gasteiger partial charge on any atom is -0.390 e. The van der Waals surface area contributed by atoms with E-state index in [1.54, 1.807) is 0 Å². The summed E-state index contributed by atoms with van der Waals surface area (Å²) in [6.07, 6.45) is 5.64. The lowest BCUT2D eigenvalue weighted by atomic mass is 9.83. The molecule has 2 rings (SSSR count). The molecule has 4 amide bonds. The molecule has 1 aliphatic rings. The molecule has 1 aliphatic carbocycles. The van der Waals surface area contributed by atoms with Gasteiger partial charge in [-0.25, -0.2) is 0 Å². The van der Waals surface area contributed by atoms with Gasteiger partial charge in [-0.3, -0.25) is 19.2 Å². The molecule has 1 saturated carbocycles. The molecule has 10 heteroatoms. The van der Waals surface area contributed by atoms with Crippen molar-refractivity contribution in [2.24, 2.45) is 23.3 Å². The molecule has 5 atom stereocenters. The van der Waals surface area contributed by atoms with Crippen molar-refractivity contribution in [2.75, 3.05) is 6.54 Å². The number of aliphatic hydroxyl groups excluding tert-OH is 1. The number of amides is 4. The number of aliphatic hydroxyl groups is 1. The monoisotopic (exact) mass is 545 g/mol. The zero-order valence-corrected chi connectivity index (χ0v) is 23.4. The van der Waals surface area contributed by atoms with Crippen molar-refractivity contribution in [1.82, 2.24) is 16.0 Å². The van der Waals surface area contributed by atoms with Crippen LogP contribution in [-0.4, -0.2) is 59.5 Å². The van der Waals surface area contributed by atoms with Crippen molar-refractivity contribution in [3.8, 4) is 0 Å². The number of primary amides is 1. The molecule has 39 heavy (non-hydrogen) atoms. The van der Waals surface area contributed by atoms with E-state index in [0.717, 1.165) is 31.2 Å².